The lowest BCUT2D eigenvalue weighted by Crippen LogP contribution is -1.97. The molecule has 0 spiro atoms. The van der Waals surface area contributed by atoms with Gasteiger partial charge >= 0.3 is 0 Å². The molecule has 1 aliphatic rings. The molecule has 5 heteroatoms. The summed E-state index contributed by atoms with van der Waals surface area (Å²) in [4.78, 5) is 16.1. The van der Waals surface area contributed by atoms with Crippen LogP contribution in [0.1, 0.15) is 18.9 Å². The first-order chi connectivity index (χ1) is 9.24. The number of thioether (sulfide) groups is 2. The number of hydrogen-bond acceptors (Lipinski definition) is 5. The Morgan fingerprint density at radius 1 is 1.42 bits per heavy atom. The molecule has 0 unspecified atom stereocenters. The predicted octanol–water partition coefficient (Wildman–Crippen LogP) is 3.81. The molecule has 19 heavy (non-hydrogen) atoms. The fourth-order valence-electron chi connectivity index (χ4n) is 1.57. The van der Waals surface area contributed by atoms with E-state index in [1.165, 1.54) is 23.5 Å². The number of carbonyl (C=O) groups excluding carboxylic acids is 1. The van der Waals surface area contributed by atoms with Crippen LogP contribution in [0, 0.1) is 0 Å². The van der Waals surface area contributed by atoms with Crippen LogP contribution < -0.4 is 4.74 Å². The molecule has 0 saturated carbocycles. The lowest BCUT2D eigenvalue weighted by atomic mass is 10.1. The molecule has 100 valence electrons. The third kappa shape index (κ3) is 3.64. The molecule has 2 rings (SSSR count). The molecule has 0 fully saturated rings. The van der Waals surface area contributed by atoms with Crippen LogP contribution >= 0.6 is 23.5 Å². The standard InChI is InChI=1S/C14H15NO2S2/c1-3-8-17-12-7-5-4-6-10(12)9-11-13(16)19-14(15-11)18-2/h4-7,9H,3,8H2,1-2H3. The van der Waals surface area contributed by atoms with Gasteiger partial charge in [-0.15, -0.1) is 11.8 Å². The van der Waals surface area contributed by atoms with Crippen LogP contribution in [0.15, 0.2) is 35.0 Å². The Labute approximate surface area is 121 Å². The highest BCUT2D eigenvalue weighted by molar-refractivity contribution is 8.45. The molecule has 3 nitrogen and oxygen atoms in total. The number of para-hydroxylation sites is 1. The van der Waals surface area contributed by atoms with Crippen LogP contribution in [0.5, 0.6) is 5.75 Å². The summed E-state index contributed by atoms with van der Waals surface area (Å²) < 4.78 is 6.46. The van der Waals surface area contributed by atoms with Crippen LogP contribution in [0.4, 0.5) is 0 Å². The summed E-state index contributed by atoms with van der Waals surface area (Å²) in [5.74, 6) is 0.794. The first-order valence-electron chi connectivity index (χ1n) is 6.03. The van der Waals surface area contributed by atoms with E-state index < -0.39 is 0 Å². The van der Waals surface area contributed by atoms with E-state index in [1.807, 2.05) is 30.5 Å². The van der Waals surface area contributed by atoms with Gasteiger partial charge in [-0.05, 0) is 36.6 Å². The Kier molecular flexibility index (Phi) is 5.10. The fourth-order valence-corrected chi connectivity index (χ4v) is 2.83. The Bertz CT molecular complexity index is 538. The number of ether oxygens (including phenoxy) is 1. The molecule has 0 radical (unpaired) electrons. The third-order valence-corrected chi connectivity index (χ3v) is 4.30. The highest BCUT2D eigenvalue weighted by atomic mass is 32.2. The molecule has 1 heterocycles. The van der Waals surface area contributed by atoms with Crippen molar-refractivity contribution in [3.05, 3.63) is 35.5 Å². The maximum atomic E-state index is 11.8. The van der Waals surface area contributed by atoms with Crippen molar-refractivity contribution in [2.24, 2.45) is 4.99 Å². The number of carbonyl (C=O) groups is 1. The van der Waals surface area contributed by atoms with Crippen molar-refractivity contribution < 1.29 is 9.53 Å². The maximum absolute atomic E-state index is 11.8. The minimum absolute atomic E-state index is 0.00496. The summed E-state index contributed by atoms with van der Waals surface area (Å²) in [6.07, 6.45) is 4.67. The SMILES string of the molecule is CCCOc1ccccc1C=C1N=C(SC)SC1=O. The molecule has 0 saturated heterocycles. The first kappa shape index (κ1) is 14.2. The van der Waals surface area contributed by atoms with Gasteiger partial charge in [0, 0.05) is 5.56 Å². The summed E-state index contributed by atoms with van der Waals surface area (Å²) in [6.45, 7) is 2.73. The molecule has 0 bridgehead atoms. The third-order valence-electron chi connectivity index (χ3n) is 2.45. The number of rotatable bonds is 4. The number of aliphatic imine (C=N–C) groups is 1. The lowest BCUT2D eigenvalue weighted by Gasteiger charge is -2.07. The van der Waals surface area contributed by atoms with Crippen LogP contribution in [-0.4, -0.2) is 22.4 Å². The van der Waals surface area contributed by atoms with Crippen LogP contribution in [0.25, 0.3) is 6.08 Å². The molecule has 0 atom stereocenters. The van der Waals surface area contributed by atoms with Gasteiger partial charge in [-0.3, -0.25) is 4.79 Å². The summed E-state index contributed by atoms with van der Waals surface area (Å²) in [5, 5.41) is -0.00496. The van der Waals surface area contributed by atoms with Gasteiger partial charge in [0.05, 0.1) is 6.61 Å². The summed E-state index contributed by atoms with van der Waals surface area (Å²) in [5.41, 5.74) is 1.38. The van der Waals surface area contributed by atoms with Gasteiger partial charge in [0.1, 0.15) is 15.8 Å². The molecular formula is C14H15NO2S2. The number of hydrogen-bond donors (Lipinski definition) is 0. The van der Waals surface area contributed by atoms with Gasteiger partial charge in [0.25, 0.3) is 0 Å². The zero-order valence-electron chi connectivity index (χ0n) is 10.9. The summed E-state index contributed by atoms with van der Waals surface area (Å²) in [6, 6.07) is 7.70. The monoisotopic (exact) mass is 293 g/mol. The molecule has 0 aliphatic carbocycles. The Hall–Kier alpha value is -1.20. The second-order valence-corrected chi connectivity index (χ2v) is 5.90. The maximum Gasteiger partial charge on any atom is 0.244 e. The van der Waals surface area contributed by atoms with Crippen molar-refractivity contribution in [2.75, 3.05) is 12.9 Å². The van der Waals surface area contributed by atoms with E-state index in [0.717, 1.165) is 22.1 Å². The average molecular weight is 293 g/mol. The predicted molar refractivity (Wildman–Crippen MR) is 83.8 cm³/mol. The van der Waals surface area contributed by atoms with E-state index in [4.69, 9.17) is 4.74 Å². The molecule has 1 aliphatic heterocycles. The number of nitrogens with zero attached hydrogens (tertiary/aromatic N) is 1. The minimum atomic E-state index is -0.00496. The molecular weight excluding hydrogens is 278 g/mol. The lowest BCUT2D eigenvalue weighted by molar-refractivity contribution is -0.107. The minimum Gasteiger partial charge on any atom is -0.493 e. The van der Waals surface area contributed by atoms with Crippen LogP contribution in [0.3, 0.4) is 0 Å². The molecule has 1 aromatic carbocycles. The second kappa shape index (κ2) is 6.82. The number of benzene rings is 1. The van der Waals surface area contributed by atoms with E-state index in [-0.39, 0.29) is 5.12 Å². The van der Waals surface area contributed by atoms with Crippen LogP contribution in [-0.2, 0) is 4.79 Å². The molecule has 0 amide bonds. The summed E-state index contributed by atoms with van der Waals surface area (Å²) >= 11 is 2.67. The quantitative estimate of drug-likeness (QED) is 0.791. The largest absolute Gasteiger partial charge is 0.493 e. The van der Waals surface area contributed by atoms with Crippen molar-refractivity contribution in [3.8, 4) is 5.75 Å². The van der Waals surface area contributed by atoms with E-state index in [9.17, 15) is 4.79 Å². The van der Waals surface area contributed by atoms with Crippen molar-refractivity contribution in [2.45, 2.75) is 13.3 Å². The van der Waals surface area contributed by atoms with E-state index in [2.05, 4.69) is 11.9 Å². The molecule has 0 N–H and O–H groups in total. The van der Waals surface area contributed by atoms with Gasteiger partial charge in [-0.25, -0.2) is 4.99 Å². The second-order valence-electron chi connectivity index (χ2n) is 3.89. The highest BCUT2D eigenvalue weighted by Crippen LogP contribution is 2.31. The van der Waals surface area contributed by atoms with Gasteiger partial charge in [-0.1, -0.05) is 25.1 Å². The van der Waals surface area contributed by atoms with Crippen molar-refractivity contribution in [1.82, 2.24) is 0 Å². The average Bonchev–Trinajstić information content (AvgIpc) is 2.78. The van der Waals surface area contributed by atoms with Crippen LogP contribution in [0.2, 0.25) is 0 Å². The van der Waals surface area contributed by atoms with Gasteiger partial charge in [-0.2, -0.15) is 0 Å². The van der Waals surface area contributed by atoms with Crippen molar-refractivity contribution in [3.63, 3.8) is 0 Å². The first-order valence-corrected chi connectivity index (χ1v) is 8.07. The van der Waals surface area contributed by atoms with Crippen molar-refractivity contribution in [1.29, 1.82) is 0 Å². The smallest absolute Gasteiger partial charge is 0.244 e. The normalized spacial score (nSPS) is 16.8. The topological polar surface area (TPSA) is 38.7 Å². The van der Waals surface area contributed by atoms with E-state index in [0.29, 0.717) is 12.3 Å². The van der Waals surface area contributed by atoms with E-state index in [1.54, 1.807) is 6.08 Å². The zero-order chi connectivity index (χ0) is 13.7. The highest BCUT2D eigenvalue weighted by Gasteiger charge is 2.21. The fraction of sp³-hybridized carbons (Fsp3) is 0.286. The Morgan fingerprint density at radius 2 is 2.21 bits per heavy atom. The van der Waals surface area contributed by atoms with Gasteiger partial charge in [0.2, 0.25) is 5.12 Å². The Balaban J connectivity index is 2.27. The van der Waals surface area contributed by atoms with Gasteiger partial charge < -0.3 is 4.74 Å². The Morgan fingerprint density at radius 3 is 2.89 bits per heavy atom. The zero-order valence-corrected chi connectivity index (χ0v) is 12.5. The summed E-state index contributed by atoms with van der Waals surface area (Å²) in [7, 11) is 0. The van der Waals surface area contributed by atoms with Gasteiger partial charge in [0.15, 0.2) is 0 Å². The van der Waals surface area contributed by atoms with E-state index >= 15 is 0 Å². The van der Waals surface area contributed by atoms with Crippen molar-refractivity contribution >= 4 is 39.1 Å². The molecule has 1 aromatic rings. The molecule has 0 aromatic heterocycles.